The number of likely N-dealkylation sites (N-methyl/N-ethyl adjacent to an activating group) is 1. The first-order chi connectivity index (χ1) is 6.93. The molecule has 1 N–H and O–H groups in total. The van der Waals surface area contributed by atoms with E-state index in [0.717, 1.165) is 6.20 Å². The number of nitrogens with one attached hydrogen (secondary N) is 1. The maximum absolute atomic E-state index is 11.1. The van der Waals surface area contributed by atoms with Gasteiger partial charge in [0.25, 0.3) is 9.05 Å². The summed E-state index contributed by atoms with van der Waals surface area (Å²) in [5.41, 5.74) is 0. The molecule has 0 saturated carbocycles. The molecule has 1 rings (SSSR count). The van der Waals surface area contributed by atoms with Crippen molar-refractivity contribution in [2.24, 2.45) is 0 Å². The lowest BCUT2D eigenvalue weighted by Crippen LogP contribution is -2.27. The molecule has 15 heavy (non-hydrogen) atoms. The van der Waals surface area contributed by atoms with Gasteiger partial charge in [0.1, 0.15) is 11.4 Å². The summed E-state index contributed by atoms with van der Waals surface area (Å²) >= 11 is 0. The quantitative estimate of drug-likeness (QED) is 0.761. The third kappa shape index (κ3) is 3.52. The summed E-state index contributed by atoms with van der Waals surface area (Å²) in [4.78, 5) is 11.0. The molecule has 1 aromatic rings. The SMILES string of the molecule is CCNC(=O)Cn1cc(S(=O)(=O)Cl)cn1. The number of carbonyl (C=O) groups excluding carboxylic acids is 1. The van der Waals surface area contributed by atoms with Gasteiger partial charge in [0.2, 0.25) is 5.91 Å². The zero-order valence-corrected chi connectivity index (χ0v) is 9.55. The van der Waals surface area contributed by atoms with Crippen LogP contribution in [0, 0.1) is 0 Å². The normalized spacial score (nSPS) is 11.3. The maximum Gasteiger partial charge on any atom is 0.264 e. The Hall–Kier alpha value is -1.08. The van der Waals surface area contributed by atoms with Crippen LogP contribution in [0.15, 0.2) is 17.3 Å². The second-order valence-corrected chi connectivity index (χ2v) is 5.33. The van der Waals surface area contributed by atoms with E-state index in [2.05, 4.69) is 10.4 Å². The van der Waals surface area contributed by atoms with Crippen LogP contribution in [0.5, 0.6) is 0 Å². The van der Waals surface area contributed by atoms with Gasteiger partial charge < -0.3 is 5.32 Å². The third-order valence-corrected chi connectivity index (χ3v) is 2.88. The van der Waals surface area contributed by atoms with E-state index in [1.54, 1.807) is 6.92 Å². The van der Waals surface area contributed by atoms with Crippen LogP contribution in [0.3, 0.4) is 0 Å². The number of hydrogen-bond donors (Lipinski definition) is 1. The molecule has 0 aliphatic heterocycles. The van der Waals surface area contributed by atoms with Crippen LogP contribution >= 0.6 is 10.7 Å². The lowest BCUT2D eigenvalue weighted by molar-refractivity contribution is -0.121. The topological polar surface area (TPSA) is 81.1 Å². The summed E-state index contributed by atoms with van der Waals surface area (Å²) in [6, 6.07) is 0. The van der Waals surface area contributed by atoms with Crippen molar-refractivity contribution in [2.45, 2.75) is 18.4 Å². The zero-order chi connectivity index (χ0) is 11.5. The van der Waals surface area contributed by atoms with E-state index in [1.807, 2.05) is 0 Å². The molecule has 0 aromatic carbocycles. The lowest BCUT2D eigenvalue weighted by Gasteiger charge is -2.00. The van der Waals surface area contributed by atoms with Gasteiger partial charge in [-0.25, -0.2) is 8.42 Å². The van der Waals surface area contributed by atoms with E-state index < -0.39 is 9.05 Å². The molecule has 84 valence electrons. The van der Waals surface area contributed by atoms with E-state index in [1.165, 1.54) is 10.9 Å². The molecular formula is C7H10ClN3O3S. The molecule has 1 heterocycles. The number of carbonyl (C=O) groups is 1. The third-order valence-electron chi connectivity index (χ3n) is 1.57. The number of aromatic nitrogens is 2. The van der Waals surface area contributed by atoms with Gasteiger partial charge in [-0.2, -0.15) is 5.10 Å². The molecule has 0 bridgehead atoms. The van der Waals surface area contributed by atoms with Gasteiger partial charge in [0.15, 0.2) is 0 Å². The average Bonchev–Trinajstić information content (AvgIpc) is 2.52. The second-order valence-electron chi connectivity index (χ2n) is 2.76. The highest BCUT2D eigenvalue weighted by Crippen LogP contribution is 2.12. The van der Waals surface area contributed by atoms with E-state index in [-0.39, 0.29) is 17.3 Å². The Balaban J connectivity index is 2.73. The lowest BCUT2D eigenvalue weighted by atomic mass is 10.5. The summed E-state index contributed by atoms with van der Waals surface area (Å²) in [5.74, 6) is -0.237. The van der Waals surface area contributed by atoms with Crippen LogP contribution in [0.25, 0.3) is 0 Å². The molecule has 0 fully saturated rings. The number of rotatable bonds is 4. The molecule has 0 spiro atoms. The number of halogens is 1. The Labute approximate surface area is 91.6 Å². The van der Waals surface area contributed by atoms with Gasteiger partial charge in [-0.15, -0.1) is 0 Å². The summed E-state index contributed by atoms with van der Waals surface area (Å²) in [5, 5.41) is 6.26. The van der Waals surface area contributed by atoms with Crippen molar-refractivity contribution in [1.29, 1.82) is 0 Å². The van der Waals surface area contributed by atoms with Crippen molar-refractivity contribution < 1.29 is 13.2 Å². The molecule has 1 aromatic heterocycles. The minimum Gasteiger partial charge on any atom is -0.355 e. The Kier molecular flexibility index (Phi) is 3.70. The minimum atomic E-state index is -3.77. The summed E-state index contributed by atoms with van der Waals surface area (Å²) in [6.07, 6.45) is 2.30. The fraction of sp³-hybridized carbons (Fsp3) is 0.429. The van der Waals surface area contributed by atoms with Crippen molar-refractivity contribution in [3.63, 3.8) is 0 Å². The smallest absolute Gasteiger partial charge is 0.264 e. The molecule has 0 atom stereocenters. The summed E-state index contributed by atoms with van der Waals surface area (Å²) < 4.78 is 22.9. The van der Waals surface area contributed by atoms with E-state index in [4.69, 9.17) is 10.7 Å². The molecule has 6 nitrogen and oxygen atoms in total. The molecule has 0 aliphatic rings. The van der Waals surface area contributed by atoms with Gasteiger partial charge in [0, 0.05) is 23.4 Å². The molecule has 0 radical (unpaired) electrons. The van der Waals surface area contributed by atoms with E-state index in [0.29, 0.717) is 6.54 Å². The van der Waals surface area contributed by atoms with Gasteiger partial charge >= 0.3 is 0 Å². The van der Waals surface area contributed by atoms with E-state index in [9.17, 15) is 13.2 Å². The zero-order valence-electron chi connectivity index (χ0n) is 7.97. The van der Waals surface area contributed by atoms with Crippen LogP contribution in [0.1, 0.15) is 6.92 Å². The van der Waals surface area contributed by atoms with Crippen LogP contribution < -0.4 is 5.32 Å². The van der Waals surface area contributed by atoms with Crippen LogP contribution in [-0.4, -0.2) is 30.7 Å². The fourth-order valence-electron chi connectivity index (χ4n) is 0.957. The van der Waals surface area contributed by atoms with Gasteiger partial charge in [-0.05, 0) is 6.92 Å². The molecule has 0 saturated heterocycles. The van der Waals surface area contributed by atoms with Crippen LogP contribution in [0.4, 0.5) is 0 Å². The molecule has 1 amide bonds. The number of hydrogen-bond acceptors (Lipinski definition) is 4. The largest absolute Gasteiger partial charge is 0.355 e. The van der Waals surface area contributed by atoms with Gasteiger partial charge in [0.05, 0.1) is 6.20 Å². The van der Waals surface area contributed by atoms with Gasteiger partial charge in [-0.3, -0.25) is 9.48 Å². The highest BCUT2D eigenvalue weighted by Gasteiger charge is 2.13. The Bertz CT molecular complexity index is 454. The van der Waals surface area contributed by atoms with Crippen molar-refractivity contribution in [2.75, 3.05) is 6.54 Å². The van der Waals surface area contributed by atoms with Gasteiger partial charge in [-0.1, -0.05) is 0 Å². The van der Waals surface area contributed by atoms with Crippen molar-refractivity contribution in [3.05, 3.63) is 12.4 Å². The highest BCUT2D eigenvalue weighted by atomic mass is 35.7. The predicted molar refractivity (Wildman–Crippen MR) is 53.9 cm³/mol. The van der Waals surface area contributed by atoms with Crippen LogP contribution in [0.2, 0.25) is 0 Å². The molecule has 0 aliphatic carbocycles. The minimum absolute atomic E-state index is 0.0275. The Morgan fingerprint density at radius 2 is 2.33 bits per heavy atom. The Morgan fingerprint density at radius 1 is 1.67 bits per heavy atom. The van der Waals surface area contributed by atoms with E-state index >= 15 is 0 Å². The number of amides is 1. The molecular weight excluding hydrogens is 242 g/mol. The monoisotopic (exact) mass is 251 g/mol. The van der Waals surface area contributed by atoms with Crippen molar-refractivity contribution >= 4 is 25.6 Å². The first-order valence-electron chi connectivity index (χ1n) is 4.17. The Morgan fingerprint density at radius 3 is 2.80 bits per heavy atom. The predicted octanol–water partition coefficient (Wildman–Crippen LogP) is -0.0533. The molecule has 8 heteroatoms. The molecule has 0 unspecified atom stereocenters. The maximum atomic E-state index is 11.1. The second kappa shape index (κ2) is 4.63. The summed E-state index contributed by atoms with van der Waals surface area (Å²) in [7, 11) is 1.32. The fourth-order valence-corrected chi connectivity index (χ4v) is 1.62. The summed E-state index contributed by atoms with van der Waals surface area (Å²) in [6.45, 7) is 2.27. The highest BCUT2D eigenvalue weighted by molar-refractivity contribution is 8.13. The average molecular weight is 252 g/mol. The van der Waals surface area contributed by atoms with Crippen LogP contribution in [-0.2, 0) is 20.4 Å². The van der Waals surface area contributed by atoms with Crippen molar-refractivity contribution in [1.82, 2.24) is 15.1 Å². The standard InChI is InChI=1S/C7H10ClN3O3S/c1-2-9-7(12)5-11-4-6(3-10-11)15(8,13)14/h3-4H,2,5H2,1H3,(H,9,12). The number of nitrogens with zero attached hydrogens (tertiary/aromatic N) is 2. The van der Waals surface area contributed by atoms with Crippen molar-refractivity contribution in [3.8, 4) is 0 Å². The first kappa shape index (κ1) is 12.0. The first-order valence-corrected chi connectivity index (χ1v) is 6.48.